The maximum absolute atomic E-state index is 11.6. The number of nitrogens with zero attached hydrogens (tertiary/aromatic N) is 2. The van der Waals surface area contributed by atoms with Crippen LogP contribution in [0.5, 0.6) is 11.5 Å². The van der Waals surface area contributed by atoms with E-state index in [0.717, 1.165) is 23.5 Å². The van der Waals surface area contributed by atoms with Gasteiger partial charge in [-0.25, -0.2) is 12.7 Å². The molecule has 9 heteroatoms. The summed E-state index contributed by atoms with van der Waals surface area (Å²) in [6.07, 6.45) is 2.76. The van der Waals surface area contributed by atoms with E-state index in [2.05, 4.69) is 15.6 Å². The Labute approximate surface area is 175 Å². The molecule has 0 atom stereocenters. The average Bonchev–Trinajstić information content (AvgIpc) is 2.67. The Hall–Kier alpha value is -2.00. The minimum atomic E-state index is -3.14. The van der Waals surface area contributed by atoms with Crippen LogP contribution in [-0.4, -0.2) is 71.4 Å². The zero-order valence-electron chi connectivity index (χ0n) is 18.3. The van der Waals surface area contributed by atoms with Crippen molar-refractivity contribution < 1.29 is 17.9 Å². The standard InChI is InChI=1S/C20H36N4O4S/c1-6-24(29(5,25)26)15-9-13-22-20(21-4)23-14-12-17-10-11-18(27-7-2)19(16-17)28-8-3/h10-11,16H,6-9,12-15H2,1-5H3,(H2,21,22,23). The van der Waals surface area contributed by atoms with Gasteiger partial charge in [0.1, 0.15) is 0 Å². The molecule has 0 radical (unpaired) electrons. The van der Waals surface area contributed by atoms with Gasteiger partial charge in [0, 0.05) is 33.2 Å². The van der Waals surface area contributed by atoms with Crippen molar-refractivity contribution >= 4 is 16.0 Å². The Balaban J connectivity index is 2.44. The lowest BCUT2D eigenvalue weighted by molar-refractivity contribution is 0.287. The van der Waals surface area contributed by atoms with Crippen molar-refractivity contribution in [3.63, 3.8) is 0 Å². The Morgan fingerprint density at radius 2 is 1.72 bits per heavy atom. The van der Waals surface area contributed by atoms with Crippen molar-refractivity contribution in [2.75, 3.05) is 52.7 Å². The summed E-state index contributed by atoms with van der Waals surface area (Å²) in [6.45, 7) is 9.27. The summed E-state index contributed by atoms with van der Waals surface area (Å²) in [5.74, 6) is 2.22. The molecule has 0 aliphatic heterocycles. The molecule has 0 aliphatic rings. The average molecular weight is 429 g/mol. The smallest absolute Gasteiger partial charge is 0.211 e. The van der Waals surface area contributed by atoms with Gasteiger partial charge in [-0.3, -0.25) is 4.99 Å². The Morgan fingerprint density at radius 1 is 1.07 bits per heavy atom. The number of sulfonamides is 1. The number of hydrogen-bond donors (Lipinski definition) is 2. The second-order valence-corrected chi connectivity index (χ2v) is 8.41. The summed E-state index contributed by atoms with van der Waals surface area (Å²) in [4.78, 5) is 4.21. The van der Waals surface area contributed by atoms with Gasteiger partial charge >= 0.3 is 0 Å². The lowest BCUT2D eigenvalue weighted by atomic mass is 10.1. The molecule has 29 heavy (non-hydrogen) atoms. The van der Waals surface area contributed by atoms with Gasteiger partial charge in [-0.15, -0.1) is 0 Å². The van der Waals surface area contributed by atoms with Crippen LogP contribution in [0.15, 0.2) is 23.2 Å². The molecular weight excluding hydrogens is 392 g/mol. The molecule has 1 rings (SSSR count). The highest BCUT2D eigenvalue weighted by Crippen LogP contribution is 2.28. The van der Waals surface area contributed by atoms with E-state index >= 15 is 0 Å². The van der Waals surface area contributed by atoms with Crippen molar-refractivity contribution in [3.8, 4) is 11.5 Å². The van der Waals surface area contributed by atoms with Crippen molar-refractivity contribution in [2.24, 2.45) is 4.99 Å². The van der Waals surface area contributed by atoms with Crippen molar-refractivity contribution in [1.29, 1.82) is 0 Å². The van der Waals surface area contributed by atoms with Crippen LogP contribution in [0.2, 0.25) is 0 Å². The van der Waals surface area contributed by atoms with Crippen LogP contribution < -0.4 is 20.1 Å². The number of nitrogens with one attached hydrogen (secondary N) is 2. The largest absolute Gasteiger partial charge is 0.490 e. The van der Waals surface area contributed by atoms with Crippen LogP contribution >= 0.6 is 0 Å². The monoisotopic (exact) mass is 428 g/mol. The summed E-state index contributed by atoms with van der Waals surface area (Å²) in [6, 6.07) is 5.99. The maximum atomic E-state index is 11.6. The number of ether oxygens (including phenoxy) is 2. The number of hydrogen-bond acceptors (Lipinski definition) is 5. The van der Waals surface area contributed by atoms with Crippen LogP contribution in [0.3, 0.4) is 0 Å². The van der Waals surface area contributed by atoms with E-state index in [1.54, 1.807) is 7.05 Å². The summed E-state index contributed by atoms with van der Waals surface area (Å²) >= 11 is 0. The zero-order chi connectivity index (χ0) is 21.7. The Morgan fingerprint density at radius 3 is 2.31 bits per heavy atom. The highest BCUT2D eigenvalue weighted by Gasteiger charge is 2.13. The fourth-order valence-electron chi connectivity index (χ4n) is 2.82. The van der Waals surface area contributed by atoms with E-state index in [1.165, 1.54) is 10.6 Å². The first-order valence-electron chi connectivity index (χ1n) is 10.1. The second kappa shape index (κ2) is 13.3. The SMILES string of the molecule is CCOc1ccc(CCNC(=NC)NCCCN(CC)S(C)(=O)=O)cc1OCC. The third-order valence-electron chi connectivity index (χ3n) is 4.24. The van der Waals surface area contributed by atoms with E-state index in [0.29, 0.717) is 51.8 Å². The third-order valence-corrected chi connectivity index (χ3v) is 5.61. The van der Waals surface area contributed by atoms with Crippen molar-refractivity contribution in [1.82, 2.24) is 14.9 Å². The summed E-state index contributed by atoms with van der Waals surface area (Å²) in [7, 11) is -1.42. The molecule has 8 nitrogen and oxygen atoms in total. The predicted octanol–water partition coefficient (Wildman–Crippen LogP) is 1.86. The van der Waals surface area contributed by atoms with E-state index in [4.69, 9.17) is 9.47 Å². The molecule has 1 aromatic rings. The molecule has 0 aromatic heterocycles. The molecule has 0 saturated carbocycles. The van der Waals surface area contributed by atoms with Crippen molar-refractivity contribution in [2.45, 2.75) is 33.6 Å². The van der Waals surface area contributed by atoms with Gasteiger partial charge in [0.2, 0.25) is 10.0 Å². The van der Waals surface area contributed by atoms with Crippen LogP contribution in [0.1, 0.15) is 32.8 Å². The molecule has 2 N–H and O–H groups in total. The van der Waals surface area contributed by atoms with Gasteiger partial charge in [-0.2, -0.15) is 0 Å². The molecule has 0 bridgehead atoms. The van der Waals surface area contributed by atoms with Gasteiger partial charge in [0.05, 0.1) is 19.5 Å². The summed E-state index contributed by atoms with van der Waals surface area (Å²) in [5.41, 5.74) is 1.14. The molecule has 0 spiro atoms. The van der Waals surface area contributed by atoms with Gasteiger partial charge < -0.3 is 20.1 Å². The second-order valence-electron chi connectivity index (χ2n) is 6.43. The first-order valence-corrected chi connectivity index (χ1v) is 12.0. The van der Waals surface area contributed by atoms with E-state index in [9.17, 15) is 8.42 Å². The van der Waals surface area contributed by atoms with E-state index in [1.807, 2.05) is 39.0 Å². The lowest BCUT2D eigenvalue weighted by Crippen LogP contribution is -2.40. The molecule has 0 fully saturated rings. The van der Waals surface area contributed by atoms with Gasteiger partial charge in [0.15, 0.2) is 17.5 Å². The third kappa shape index (κ3) is 9.36. The summed E-state index contributed by atoms with van der Waals surface area (Å²) < 4.78 is 35.9. The molecule has 0 unspecified atom stereocenters. The number of benzene rings is 1. The van der Waals surface area contributed by atoms with Crippen LogP contribution in [0.4, 0.5) is 0 Å². The van der Waals surface area contributed by atoms with E-state index < -0.39 is 10.0 Å². The summed E-state index contributed by atoms with van der Waals surface area (Å²) in [5, 5.41) is 6.49. The van der Waals surface area contributed by atoms with Gasteiger partial charge in [-0.05, 0) is 44.4 Å². The number of rotatable bonds is 13. The molecule has 0 saturated heterocycles. The maximum Gasteiger partial charge on any atom is 0.211 e. The number of guanidine groups is 1. The van der Waals surface area contributed by atoms with E-state index in [-0.39, 0.29) is 0 Å². The normalized spacial score (nSPS) is 12.1. The topological polar surface area (TPSA) is 92.3 Å². The highest BCUT2D eigenvalue weighted by atomic mass is 32.2. The highest BCUT2D eigenvalue weighted by molar-refractivity contribution is 7.88. The van der Waals surface area contributed by atoms with Crippen LogP contribution in [0, 0.1) is 0 Å². The van der Waals surface area contributed by atoms with Crippen LogP contribution in [0.25, 0.3) is 0 Å². The molecule has 0 aliphatic carbocycles. The molecule has 0 heterocycles. The molecule has 0 amide bonds. The lowest BCUT2D eigenvalue weighted by Gasteiger charge is -2.18. The van der Waals surface area contributed by atoms with Gasteiger partial charge in [0.25, 0.3) is 0 Å². The fourth-order valence-corrected chi connectivity index (χ4v) is 3.75. The first-order chi connectivity index (χ1) is 13.8. The minimum Gasteiger partial charge on any atom is -0.490 e. The number of aliphatic imine (C=N–C) groups is 1. The first kappa shape index (κ1) is 25.0. The fraction of sp³-hybridized carbons (Fsp3) is 0.650. The van der Waals surface area contributed by atoms with Crippen molar-refractivity contribution in [3.05, 3.63) is 23.8 Å². The minimum absolute atomic E-state index is 0.484. The molecule has 166 valence electrons. The van der Waals surface area contributed by atoms with Crippen LogP contribution in [-0.2, 0) is 16.4 Å². The molecular formula is C20H36N4O4S. The van der Waals surface area contributed by atoms with Gasteiger partial charge in [-0.1, -0.05) is 13.0 Å². The quantitative estimate of drug-likeness (QED) is 0.283. The Bertz CT molecular complexity index is 738. The zero-order valence-corrected chi connectivity index (χ0v) is 19.1. The Kier molecular flexibility index (Phi) is 11.5. The molecule has 1 aromatic carbocycles. The predicted molar refractivity (Wildman–Crippen MR) is 119 cm³/mol.